The Bertz CT molecular complexity index is 827. The maximum Gasteiger partial charge on any atom is 0.325 e. The van der Waals surface area contributed by atoms with E-state index in [1.807, 2.05) is 0 Å². The Labute approximate surface area is 179 Å². The van der Waals surface area contributed by atoms with Crippen molar-refractivity contribution in [3.8, 4) is 0 Å². The summed E-state index contributed by atoms with van der Waals surface area (Å²) in [6.45, 7) is 2.31. The fourth-order valence-electron chi connectivity index (χ4n) is 4.90. The average Bonchev–Trinajstić information content (AvgIpc) is 3.42. The fraction of sp³-hybridized carbons (Fsp3) is 0.700. The van der Waals surface area contributed by atoms with Crippen LogP contribution in [0.4, 0.5) is 4.79 Å². The molecule has 1 atom stereocenters. The second-order valence-electron chi connectivity index (χ2n) is 8.65. The molecule has 31 heavy (non-hydrogen) atoms. The monoisotopic (exact) mass is 433 g/mol. The molecule has 1 spiro atoms. The van der Waals surface area contributed by atoms with Gasteiger partial charge in [-0.15, -0.1) is 0 Å². The quantitative estimate of drug-likeness (QED) is 0.450. The standard InChI is InChI=1S/C20H27N5O6/c1-13(25-18(30)20(21-19(25)31)6-2-3-7-20)17(29)23-10-8-22(9-11-23)16(28)12-24-14(26)4-5-15(24)27/h13H,2-12H2,1H3,(H,21,31). The van der Waals surface area contributed by atoms with Crippen molar-refractivity contribution in [1.82, 2.24) is 24.9 Å². The normalized spacial score (nSPS) is 24.4. The van der Waals surface area contributed by atoms with Crippen molar-refractivity contribution in [2.24, 2.45) is 0 Å². The number of rotatable bonds is 4. The number of piperazine rings is 1. The van der Waals surface area contributed by atoms with Crippen LogP contribution in [0, 0.1) is 0 Å². The zero-order valence-electron chi connectivity index (χ0n) is 17.6. The second-order valence-corrected chi connectivity index (χ2v) is 8.65. The van der Waals surface area contributed by atoms with E-state index in [1.54, 1.807) is 11.8 Å². The lowest BCUT2D eigenvalue weighted by molar-refractivity contribution is -0.148. The number of amides is 7. The molecule has 4 rings (SSSR count). The van der Waals surface area contributed by atoms with Crippen molar-refractivity contribution in [2.45, 2.75) is 57.0 Å². The summed E-state index contributed by atoms with van der Waals surface area (Å²) in [4.78, 5) is 79.3. The van der Waals surface area contributed by atoms with Crippen LogP contribution in [0.2, 0.25) is 0 Å². The second kappa shape index (κ2) is 7.93. The minimum absolute atomic E-state index is 0.135. The van der Waals surface area contributed by atoms with Crippen molar-refractivity contribution in [2.75, 3.05) is 32.7 Å². The fourth-order valence-corrected chi connectivity index (χ4v) is 4.90. The van der Waals surface area contributed by atoms with E-state index in [0.29, 0.717) is 12.8 Å². The van der Waals surface area contributed by atoms with Crippen LogP contribution in [0.3, 0.4) is 0 Å². The van der Waals surface area contributed by atoms with Gasteiger partial charge in [0.1, 0.15) is 18.1 Å². The van der Waals surface area contributed by atoms with Crippen LogP contribution in [0.25, 0.3) is 0 Å². The van der Waals surface area contributed by atoms with Gasteiger partial charge in [0.05, 0.1) is 0 Å². The molecule has 4 aliphatic rings. The molecule has 3 saturated heterocycles. The van der Waals surface area contributed by atoms with Crippen molar-refractivity contribution in [3.63, 3.8) is 0 Å². The van der Waals surface area contributed by atoms with Crippen molar-refractivity contribution in [1.29, 1.82) is 0 Å². The van der Waals surface area contributed by atoms with E-state index in [4.69, 9.17) is 0 Å². The zero-order valence-corrected chi connectivity index (χ0v) is 17.6. The molecule has 7 amide bonds. The SMILES string of the molecule is CC(C(=O)N1CCN(C(=O)CN2C(=O)CCC2=O)CC1)N1C(=O)NC2(CCCC2)C1=O. The summed E-state index contributed by atoms with van der Waals surface area (Å²) in [6.07, 6.45) is 3.20. The predicted octanol–water partition coefficient (Wildman–Crippen LogP) is -0.941. The predicted molar refractivity (Wildman–Crippen MR) is 105 cm³/mol. The van der Waals surface area contributed by atoms with Crippen LogP contribution in [0.5, 0.6) is 0 Å². The molecule has 0 aromatic rings. The van der Waals surface area contributed by atoms with Crippen LogP contribution in [-0.2, 0) is 24.0 Å². The Balaban J connectivity index is 1.32. The highest BCUT2D eigenvalue weighted by Gasteiger charge is 2.54. The molecule has 4 fully saturated rings. The third kappa shape index (κ3) is 3.66. The summed E-state index contributed by atoms with van der Waals surface area (Å²) >= 11 is 0. The molecule has 11 heteroatoms. The summed E-state index contributed by atoms with van der Waals surface area (Å²) in [7, 11) is 0. The van der Waals surface area contributed by atoms with Gasteiger partial charge in [0.15, 0.2) is 0 Å². The van der Waals surface area contributed by atoms with Gasteiger partial charge in [-0.05, 0) is 19.8 Å². The molecule has 3 aliphatic heterocycles. The van der Waals surface area contributed by atoms with Gasteiger partial charge in [-0.25, -0.2) is 9.69 Å². The molecule has 0 bridgehead atoms. The van der Waals surface area contributed by atoms with Gasteiger partial charge in [-0.2, -0.15) is 0 Å². The molecular weight excluding hydrogens is 406 g/mol. The Morgan fingerprint density at radius 1 is 0.935 bits per heavy atom. The van der Waals surface area contributed by atoms with Crippen LogP contribution < -0.4 is 5.32 Å². The van der Waals surface area contributed by atoms with E-state index >= 15 is 0 Å². The summed E-state index contributed by atoms with van der Waals surface area (Å²) in [5, 5.41) is 2.79. The lowest BCUT2D eigenvalue weighted by Gasteiger charge is -2.37. The average molecular weight is 433 g/mol. The van der Waals surface area contributed by atoms with Gasteiger partial charge in [0.2, 0.25) is 23.6 Å². The molecule has 1 aliphatic carbocycles. The summed E-state index contributed by atoms with van der Waals surface area (Å²) in [5.41, 5.74) is -0.860. The van der Waals surface area contributed by atoms with E-state index in [9.17, 15) is 28.8 Å². The van der Waals surface area contributed by atoms with Gasteiger partial charge in [0, 0.05) is 39.0 Å². The van der Waals surface area contributed by atoms with E-state index in [1.165, 1.54) is 4.90 Å². The topological polar surface area (TPSA) is 127 Å². The van der Waals surface area contributed by atoms with Gasteiger partial charge < -0.3 is 15.1 Å². The third-order valence-corrected chi connectivity index (χ3v) is 6.79. The number of imide groups is 2. The largest absolute Gasteiger partial charge is 0.338 e. The molecule has 0 aromatic carbocycles. The van der Waals surface area contributed by atoms with Gasteiger partial charge >= 0.3 is 6.03 Å². The number of nitrogens with zero attached hydrogens (tertiary/aromatic N) is 4. The zero-order chi connectivity index (χ0) is 22.3. The third-order valence-electron chi connectivity index (χ3n) is 6.79. The maximum absolute atomic E-state index is 13.0. The lowest BCUT2D eigenvalue weighted by Crippen LogP contribution is -2.57. The maximum atomic E-state index is 13.0. The first-order valence-electron chi connectivity index (χ1n) is 10.8. The first kappa shape index (κ1) is 21.3. The highest BCUT2D eigenvalue weighted by atomic mass is 16.2. The molecule has 0 radical (unpaired) electrons. The summed E-state index contributed by atoms with van der Waals surface area (Å²) in [5.74, 6) is -1.68. The Morgan fingerprint density at radius 2 is 1.48 bits per heavy atom. The van der Waals surface area contributed by atoms with Crippen molar-refractivity contribution in [3.05, 3.63) is 0 Å². The van der Waals surface area contributed by atoms with Crippen LogP contribution >= 0.6 is 0 Å². The van der Waals surface area contributed by atoms with Crippen LogP contribution in [0.15, 0.2) is 0 Å². The molecule has 1 saturated carbocycles. The highest BCUT2D eigenvalue weighted by Crippen LogP contribution is 2.36. The van der Waals surface area contributed by atoms with Crippen molar-refractivity contribution >= 4 is 35.6 Å². The lowest BCUT2D eigenvalue weighted by atomic mass is 9.97. The first-order valence-corrected chi connectivity index (χ1v) is 10.8. The Kier molecular flexibility index (Phi) is 5.44. The molecular formula is C20H27N5O6. The first-order chi connectivity index (χ1) is 14.7. The Morgan fingerprint density at radius 3 is 2.06 bits per heavy atom. The number of carbonyl (C=O) groups is 6. The highest BCUT2D eigenvalue weighted by molar-refractivity contribution is 6.10. The van der Waals surface area contributed by atoms with Gasteiger partial charge in [0.25, 0.3) is 5.91 Å². The van der Waals surface area contributed by atoms with E-state index in [2.05, 4.69) is 5.32 Å². The molecule has 11 nitrogen and oxygen atoms in total. The smallest absolute Gasteiger partial charge is 0.325 e. The molecule has 1 unspecified atom stereocenters. The van der Waals surface area contributed by atoms with Crippen molar-refractivity contribution < 1.29 is 28.8 Å². The van der Waals surface area contributed by atoms with Gasteiger partial charge in [-0.1, -0.05) is 12.8 Å². The van der Waals surface area contributed by atoms with Gasteiger partial charge in [-0.3, -0.25) is 28.9 Å². The minimum atomic E-state index is -0.922. The van der Waals surface area contributed by atoms with E-state index in [-0.39, 0.29) is 75.1 Å². The summed E-state index contributed by atoms with van der Waals surface area (Å²) in [6, 6.07) is -1.45. The number of hydrogen-bond donors (Lipinski definition) is 1. The van der Waals surface area contributed by atoms with E-state index in [0.717, 1.165) is 22.6 Å². The molecule has 1 N–H and O–H groups in total. The van der Waals surface area contributed by atoms with Crippen LogP contribution in [-0.4, -0.2) is 99.5 Å². The van der Waals surface area contributed by atoms with E-state index < -0.39 is 17.6 Å². The Hall–Kier alpha value is -2.98. The molecule has 3 heterocycles. The number of urea groups is 1. The summed E-state index contributed by atoms with van der Waals surface area (Å²) < 4.78 is 0. The number of hydrogen-bond acceptors (Lipinski definition) is 6. The minimum Gasteiger partial charge on any atom is -0.338 e. The number of likely N-dealkylation sites (tertiary alicyclic amines) is 1. The number of carbonyl (C=O) groups excluding carboxylic acids is 6. The molecule has 168 valence electrons. The molecule has 0 aromatic heterocycles. The number of nitrogens with one attached hydrogen (secondary N) is 1. The van der Waals surface area contributed by atoms with Crippen LogP contribution in [0.1, 0.15) is 45.4 Å².